The predicted octanol–water partition coefficient (Wildman–Crippen LogP) is 0.0474. The Morgan fingerprint density at radius 2 is 2.09 bits per heavy atom. The van der Waals surface area contributed by atoms with Crippen LogP contribution in [0.15, 0.2) is 15.8 Å². The van der Waals surface area contributed by atoms with E-state index < -0.39 is 5.69 Å². The molecule has 1 aromatic heterocycles. The normalized spacial score (nSPS) is 8.82. The average Bonchev–Trinajstić information content (AvgIpc) is 1.88. The molecule has 1 rings (SSSR count). The van der Waals surface area contributed by atoms with E-state index in [1.807, 2.05) is 6.92 Å². The molecule has 0 saturated carbocycles. The minimum atomic E-state index is -0.456. The van der Waals surface area contributed by atoms with Crippen molar-refractivity contribution in [1.29, 1.82) is 0 Å². The van der Waals surface area contributed by atoms with Gasteiger partial charge in [-0.2, -0.15) is 0 Å². The van der Waals surface area contributed by atoms with Crippen LogP contribution in [0.1, 0.15) is 12.5 Å². The topological polar surface area (TPSA) is 65.7 Å². The zero-order valence-corrected chi connectivity index (χ0v) is 6.83. The number of rotatable bonds is 1. The van der Waals surface area contributed by atoms with Gasteiger partial charge in [0.1, 0.15) is 0 Å². The Morgan fingerprint density at radius 3 is 2.55 bits per heavy atom. The summed E-state index contributed by atoms with van der Waals surface area (Å²) >= 11 is 0. The van der Waals surface area contributed by atoms with Gasteiger partial charge in [0.15, 0.2) is 0 Å². The van der Waals surface area contributed by atoms with E-state index in [1.165, 1.54) is 6.20 Å². The summed E-state index contributed by atoms with van der Waals surface area (Å²) in [6.45, 7) is 1.85. The van der Waals surface area contributed by atoms with Gasteiger partial charge >= 0.3 is 5.69 Å². The molecular formula is C6H9ClN2O2. The molecule has 0 fully saturated rings. The van der Waals surface area contributed by atoms with E-state index in [4.69, 9.17) is 0 Å². The Bertz CT molecular complexity index is 328. The Hall–Kier alpha value is -1.03. The van der Waals surface area contributed by atoms with Gasteiger partial charge in [-0.15, -0.1) is 12.4 Å². The first-order chi connectivity index (χ1) is 4.74. The summed E-state index contributed by atoms with van der Waals surface area (Å²) in [4.78, 5) is 25.7. The van der Waals surface area contributed by atoms with Gasteiger partial charge in [0.2, 0.25) is 0 Å². The van der Waals surface area contributed by atoms with E-state index in [0.29, 0.717) is 12.0 Å². The molecule has 4 nitrogen and oxygen atoms in total. The second kappa shape index (κ2) is 3.98. The van der Waals surface area contributed by atoms with Gasteiger partial charge < -0.3 is 4.98 Å². The Kier molecular flexibility index (Phi) is 3.60. The largest absolute Gasteiger partial charge is 0.325 e. The molecule has 0 aromatic carbocycles. The lowest BCUT2D eigenvalue weighted by Crippen LogP contribution is -2.23. The molecule has 2 N–H and O–H groups in total. The van der Waals surface area contributed by atoms with Crippen molar-refractivity contribution in [3.63, 3.8) is 0 Å². The lowest BCUT2D eigenvalue weighted by molar-refractivity contribution is 0.960. The number of H-pyrrole nitrogens is 2. The lowest BCUT2D eigenvalue weighted by atomic mass is 10.3. The number of aryl methyl sites for hydroxylation is 1. The van der Waals surface area contributed by atoms with Gasteiger partial charge in [-0.1, -0.05) is 6.92 Å². The minimum Gasteiger partial charge on any atom is -0.314 e. The van der Waals surface area contributed by atoms with Crippen LogP contribution in [-0.4, -0.2) is 9.97 Å². The molecule has 0 saturated heterocycles. The van der Waals surface area contributed by atoms with E-state index in [0.717, 1.165) is 0 Å². The molecule has 0 aliphatic carbocycles. The molecule has 62 valence electrons. The summed E-state index contributed by atoms with van der Waals surface area (Å²) in [5.74, 6) is 0. The molecule has 5 heteroatoms. The number of hydrogen-bond donors (Lipinski definition) is 2. The van der Waals surface area contributed by atoms with Crippen LogP contribution in [0.4, 0.5) is 0 Å². The molecule has 1 heterocycles. The number of nitrogens with one attached hydrogen (secondary N) is 2. The number of aromatic nitrogens is 2. The number of halogens is 1. The van der Waals surface area contributed by atoms with Crippen molar-refractivity contribution >= 4 is 12.4 Å². The van der Waals surface area contributed by atoms with Crippen LogP contribution in [0.25, 0.3) is 0 Å². The van der Waals surface area contributed by atoms with Crippen LogP contribution >= 0.6 is 12.4 Å². The molecule has 0 aliphatic rings. The van der Waals surface area contributed by atoms with Crippen molar-refractivity contribution < 1.29 is 0 Å². The highest BCUT2D eigenvalue weighted by molar-refractivity contribution is 5.85. The molecule has 0 atom stereocenters. The maximum Gasteiger partial charge on any atom is 0.325 e. The molecular weight excluding hydrogens is 168 g/mol. The zero-order valence-electron chi connectivity index (χ0n) is 6.01. The average molecular weight is 177 g/mol. The van der Waals surface area contributed by atoms with Crippen molar-refractivity contribution in [1.82, 2.24) is 9.97 Å². The SMILES string of the molecule is CCc1c[nH]c(=O)[nH]c1=O.Cl. The Balaban J connectivity index is 0.000001000. The third-order valence-electron chi connectivity index (χ3n) is 1.28. The van der Waals surface area contributed by atoms with Crippen LogP contribution in [0.3, 0.4) is 0 Å². The van der Waals surface area contributed by atoms with Crippen LogP contribution in [-0.2, 0) is 6.42 Å². The highest BCUT2D eigenvalue weighted by atomic mass is 35.5. The van der Waals surface area contributed by atoms with Crippen molar-refractivity contribution in [3.05, 3.63) is 32.6 Å². The van der Waals surface area contributed by atoms with E-state index in [9.17, 15) is 9.59 Å². The standard InChI is InChI=1S/C6H8N2O2.ClH/c1-2-4-3-7-6(10)8-5(4)9;/h3H,2H2,1H3,(H2,7,8,9,10);1H. The van der Waals surface area contributed by atoms with Gasteiger partial charge in [-0.05, 0) is 6.42 Å². The molecule has 0 unspecified atom stereocenters. The van der Waals surface area contributed by atoms with Crippen LogP contribution in [0.2, 0.25) is 0 Å². The first-order valence-corrected chi connectivity index (χ1v) is 3.05. The summed E-state index contributed by atoms with van der Waals surface area (Å²) in [6.07, 6.45) is 2.06. The van der Waals surface area contributed by atoms with Crippen LogP contribution in [0, 0.1) is 0 Å². The van der Waals surface area contributed by atoms with Gasteiger partial charge in [-0.3, -0.25) is 9.78 Å². The second-order valence-electron chi connectivity index (χ2n) is 1.95. The van der Waals surface area contributed by atoms with E-state index in [1.54, 1.807) is 0 Å². The summed E-state index contributed by atoms with van der Waals surface area (Å²) < 4.78 is 0. The van der Waals surface area contributed by atoms with Gasteiger partial charge in [0.05, 0.1) is 0 Å². The lowest BCUT2D eigenvalue weighted by Gasteiger charge is -1.89. The third kappa shape index (κ3) is 2.23. The van der Waals surface area contributed by atoms with Crippen molar-refractivity contribution in [2.45, 2.75) is 13.3 Å². The smallest absolute Gasteiger partial charge is 0.314 e. The van der Waals surface area contributed by atoms with E-state index >= 15 is 0 Å². The highest BCUT2D eigenvalue weighted by Crippen LogP contribution is 1.82. The summed E-state index contributed by atoms with van der Waals surface area (Å²) in [5, 5.41) is 0. The van der Waals surface area contributed by atoms with Gasteiger partial charge in [0, 0.05) is 11.8 Å². The molecule has 0 bridgehead atoms. The summed E-state index contributed by atoms with van der Waals surface area (Å²) in [6, 6.07) is 0. The number of aromatic amines is 2. The highest BCUT2D eigenvalue weighted by Gasteiger charge is 1.93. The monoisotopic (exact) mass is 176 g/mol. The van der Waals surface area contributed by atoms with Crippen LogP contribution < -0.4 is 11.2 Å². The molecule has 0 spiro atoms. The Labute approximate surface area is 69.1 Å². The fourth-order valence-electron chi connectivity index (χ4n) is 0.700. The molecule has 0 aliphatic heterocycles. The minimum absolute atomic E-state index is 0. The summed E-state index contributed by atoms with van der Waals surface area (Å²) in [7, 11) is 0. The van der Waals surface area contributed by atoms with Gasteiger partial charge in [0.25, 0.3) is 5.56 Å². The maximum absolute atomic E-state index is 10.8. The van der Waals surface area contributed by atoms with E-state index in [2.05, 4.69) is 9.97 Å². The first-order valence-electron chi connectivity index (χ1n) is 3.05. The quantitative estimate of drug-likeness (QED) is 0.635. The molecule has 0 radical (unpaired) electrons. The maximum atomic E-state index is 10.8. The first kappa shape index (κ1) is 9.97. The van der Waals surface area contributed by atoms with Crippen molar-refractivity contribution in [2.24, 2.45) is 0 Å². The third-order valence-corrected chi connectivity index (χ3v) is 1.28. The number of hydrogen-bond acceptors (Lipinski definition) is 2. The van der Waals surface area contributed by atoms with Crippen molar-refractivity contribution in [2.75, 3.05) is 0 Å². The fourth-order valence-corrected chi connectivity index (χ4v) is 0.700. The summed E-state index contributed by atoms with van der Waals surface area (Å²) in [5.41, 5.74) is -0.159. The van der Waals surface area contributed by atoms with Crippen LogP contribution in [0.5, 0.6) is 0 Å². The predicted molar refractivity (Wildman–Crippen MR) is 44.3 cm³/mol. The fraction of sp³-hybridized carbons (Fsp3) is 0.333. The molecule has 1 aromatic rings. The molecule has 11 heavy (non-hydrogen) atoms. The van der Waals surface area contributed by atoms with E-state index in [-0.39, 0.29) is 18.0 Å². The molecule has 0 amide bonds. The van der Waals surface area contributed by atoms with Gasteiger partial charge in [-0.25, -0.2) is 4.79 Å². The second-order valence-corrected chi connectivity index (χ2v) is 1.95. The Morgan fingerprint density at radius 1 is 1.45 bits per heavy atom. The zero-order chi connectivity index (χ0) is 7.56. The van der Waals surface area contributed by atoms with Crippen molar-refractivity contribution in [3.8, 4) is 0 Å².